The molecule has 7 rings (SSSR count). The highest BCUT2D eigenvalue weighted by Gasteiger charge is 2.42. The summed E-state index contributed by atoms with van der Waals surface area (Å²) in [5.41, 5.74) is 4.22. The number of amides is 1. The number of carbonyl (C=O) groups excluding carboxylic acids is 1. The van der Waals surface area contributed by atoms with Crippen molar-refractivity contribution in [2.24, 2.45) is 0 Å². The number of hydrogen-bond acceptors (Lipinski definition) is 7. The van der Waals surface area contributed by atoms with Crippen LogP contribution < -0.4 is 10.9 Å². The average Bonchev–Trinajstić information content (AvgIpc) is 3.75. The van der Waals surface area contributed by atoms with E-state index < -0.39 is 34.9 Å². The van der Waals surface area contributed by atoms with Crippen molar-refractivity contribution < 1.29 is 23.4 Å². The van der Waals surface area contributed by atoms with Crippen molar-refractivity contribution in [3.05, 3.63) is 80.6 Å². The van der Waals surface area contributed by atoms with Crippen LogP contribution in [0, 0.1) is 11.6 Å². The second kappa shape index (κ2) is 9.03. The van der Waals surface area contributed by atoms with Gasteiger partial charge in [0.15, 0.2) is 23.1 Å². The topological polar surface area (TPSA) is 83.8 Å². The number of nitrogens with zero attached hydrogens (tertiary/aromatic N) is 2. The summed E-state index contributed by atoms with van der Waals surface area (Å²) in [6, 6.07) is 9.92. The smallest absolute Gasteiger partial charge is 0.278 e. The second-order valence-electron chi connectivity index (χ2n) is 9.88. The first-order chi connectivity index (χ1) is 18.4. The van der Waals surface area contributed by atoms with Crippen molar-refractivity contribution in [3.8, 4) is 17.0 Å². The normalized spacial score (nSPS) is 22.1. The summed E-state index contributed by atoms with van der Waals surface area (Å²) in [5, 5.41) is 11.2. The number of aromatic hydroxyl groups is 1. The molecule has 3 aliphatic heterocycles. The van der Waals surface area contributed by atoms with E-state index >= 15 is 4.39 Å². The fourth-order valence-electron chi connectivity index (χ4n) is 5.30. The molecule has 2 atom stereocenters. The molecule has 2 fully saturated rings. The number of benzene rings is 2. The zero-order chi connectivity index (χ0) is 26.1. The van der Waals surface area contributed by atoms with E-state index in [0.29, 0.717) is 29.3 Å². The van der Waals surface area contributed by atoms with Gasteiger partial charge in [0.25, 0.3) is 5.91 Å². The Balaban J connectivity index is 1.37. The lowest BCUT2D eigenvalue weighted by molar-refractivity contribution is -0.0163. The van der Waals surface area contributed by atoms with Crippen LogP contribution in [0.25, 0.3) is 11.3 Å². The molecule has 1 saturated heterocycles. The SMILES string of the molecule is O=C1c2c(O)c(=O)cc(-c3cc(F)c(F)c4c3Cc3ccccc3SC4)n2N[C@@H]2COC(SC3CC3)CN12. The van der Waals surface area contributed by atoms with Gasteiger partial charge in [-0.15, -0.1) is 23.5 Å². The van der Waals surface area contributed by atoms with Crippen LogP contribution in [0.2, 0.25) is 0 Å². The molecule has 1 aliphatic carbocycles. The van der Waals surface area contributed by atoms with E-state index in [9.17, 15) is 19.1 Å². The molecule has 4 aliphatic rings. The molecule has 11 heteroatoms. The lowest BCUT2D eigenvalue weighted by Gasteiger charge is -2.44. The number of thioether (sulfide) groups is 2. The van der Waals surface area contributed by atoms with Crippen molar-refractivity contribution in [2.75, 3.05) is 18.6 Å². The molecule has 196 valence electrons. The van der Waals surface area contributed by atoms with Crippen LogP contribution in [0.4, 0.5) is 8.78 Å². The zero-order valence-corrected chi connectivity index (χ0v) is 21.7. The number of carbonyl (C=O) groups is 1. The number of hydrogen-bond donors (Lipinski definition) is 2. The van der Waals surface area contributed by atoms with Gasteiger partial charge in [-0.2, -0.15) is 0 Å². The predicted molar refractivity (Wildman–Crippen MR) is 141 cm³/mol. The van der Waals surface area contributed by atoms with Crippen LogP contribution in [0.15, 0.2) is 46.1 Å². The van der Waals surface area contributed by atoms with Gasteiger partial charge < -0.3 is 20.2 Å². The molecule has 0 spiro atoms. The van der Waals surface area contributed by atoms with Gasteiger partial charge in [-0.1, -0.05) is 18.2 Å². The summed E-state index contributed by atoms with van der Waals surface area (Å²) < 4.78 is 37.4. The monoisotopic (exact) mass is 555 g/mol. The van der Waals surface area contributed by atoms with Gasteiger partial charge in [0, 0.05) is 33.1 Å². The molecular formula is C27H23F2N3O4S2. The number of morpholine rings is 1. The first-order valence-corrected chi connectivity index (χ1v) is 14.4. The summed E-state index contributed by atoms with van der Waals surface area (Å²) in [7, 11) is 0. The van der Waals surface area contributed by atoms with E-state index in [1.165, 1.54) is 22.5 Å². The zero-order valence-electron chi connectivity index (χ0n) is 20.1. The first kappa shape index (κ1) is 24.1. The Labute approximate surface area is 225 Å². The van der Waals surface area contributed by atoms with Gasteiger partial charge >= 0.3 is 0 Å². The number of ether oxygens (including phenoxy) is 1. The maximum Gasteiger partial charge on any atom is 0.278 e. The molecule has 7 nitrogen and oxygen atoms in total. The fourth-order valence-corrected chi connectivity index (χ4v) is 7.65. The first-order valence-electron chi connectivity index (χ1n) is 12.4. The Morgan fingerprint density at radius 1 is 1.13 bits per heavy atom. The number of fused-ring (bicyclic) bond motifs is 4. The molecule has 1 saturated carbocycles. The van der Waals surface area contributed by atoms with Crippen LogP contribution in [-0.4, -0.2) is 50.6 Å². The molecule has 3 aromatic rings. The van der Waals surface area contributed by atoms with E-state index in [4.69, 9.17) is 4.74 Å². The Morgan fingerprint density at radius 2 is 1.95 bits per heavy atom. The van der Waals surface area contributed by atoms with E-state index in [0.717, 1.165) is 29.4 Å². The van der Waals surface area contributed by atoms with E-state index in [1.807, 2.05) is 24.3 Å². The molecule has 0 bridgehead atoms. The minimum absolute atomic E-state index is 0.185. The summed E-state index contributed by atoms with van der Waals surface area (Å²) >= 11 is 3.12. The molecular weight excluding hydrogens is 532 g/mol. The van der Waals surface area contributed by atoms with Gasteiger partial charge in [0.05, 0.1) is 18.8 Å². The van der Waals surface area contributed by atoms with Gasteiger partial charge in [0.1, 0.15) is 11.6 Å². The van der Waals surface area contributed by atoms with Gasteiger partial charge in [-0.05, 0) is 42.5 Å². The Hall–Kier alpha value is -3.02. The van der Waals surface area contributed by atoms with Gasteiger partial charge in [-0.25, -0.2) is 13.5 Å². The number of rotatable bonds is 3. The van der Waals surface area contributed by atoms with Gasteiger partial charge in [-0.3, -0.25) is 9.59 Å². The molecule has 2 N–H and O–H groups in total. The van der Waals surface area contributed by atoms with Crippen LogP contribution in [0.5, 0.6) is 5.75 Å². The third-order valence-corrected chi connectivity index (χ3v) is 9.97. The minimum Gasteiger partial charge on any atom is -0.502 e. The molecule has 0 radical (unpaired) electrons. The van der Waals surface area contributed by atoms with E-state index in [2.05, 4.69) is 5.43 Å². The van der Waals surface area contributed by atoms with Crippen LogP contribution >= 0.6 is 23.5 Å². The van der Waals surface area contributed by atoms with Crippen molar-refractivity contribution in [2.45, 2.75) is 46.8 Å². The summed E-state index contributed by atoms with van der Waals surface area (Å²) in [4.78, 5) is 29.1. The molecule has 38 heavy (non-hydrogen) atoms. The van der Waals surface area contributed by atoms with E-state index in [1.54, 1.807) is 16.7 Å². The van der Waals surface area contributed by atoms with Crippen LogP contribution in [-0.2, 0) is 16.9 Å². The highest BCUT2D eigenvalue weighted by atomic mass is 32.2. The highest BCUT2D eigenvalue weighted by molar-refractivity contribution is 8.00. The maximum atomic E-state index is 15.1. The molecule has 2 aromatic carbocycles. The Morgan fingerprint density at radius 3 is 2.76 bits per heavy atom. The third kappa shape index (κ3) is 3.90. The van der Waals surface area contributed by atoms with Gasteiger partial charge in [0.2, 0.25) is 5.43 Å². The molecule has 1 unspecified atom stereocenters. The number of aromatic nitrogens is 1. The summed E-state index contributed by atoms with van der Waals surface area (Å²) in [6.45, 7) is 0.520. The lowest BCUT2D eigenvalue weighted by atomic mass is 9.92. The van der Waals surface area contributed by atoms with Crippen LogP contribution in [0.3, 0.4) is 0 Å². The van der Waals surface area contributed by atoms with Crippen molar-refractivity contribution in [1.29, 1.82) is 0 Å². The second-order valence-corrected chi connectivity index (χ2v) is 12.4. The largest absolute Gasteiger partial charge is 0.502 e. The molecule has 1 amide bonds. The number of pyridine rings is 1. The summed E-state index contributed by atoms with van der Waals surface area (Å²) in [5.74, 6) is -2.93. The van der Waals surface area contributed by atoms with Crippen molar-refractivity contribution >= 4 is 29.4 Å². The highest BCUT2D eigenvalue weighted by Crippen LogP contribution is 2.42. The molecule has 1 aromatic heterocycles. The van der Waals surface area contributed by atoms with Crippen molar-refractivity contribution in [1.82, 2.24) is 9.58 Å². The standard InChI is InChI=1S/C27H23F2N3O4S2/c28-18-8-16(15-7-13-3-1-2-4-21(13)37-12-17(15)24(18)29)19-9-20(33)26(34)25-27(35)31-10-23(38-14-5-6-14)36-11-22(31)30-32(19)25/h1-4,8-9,14,22-23,30,34H,5-7,10-12H2/t22-,23?/m0/s1. The Kier molecular flexibility index (Phi) is 5.71. The van der Waals surface area contributed by atoms with E-state index in [-0.39, 0.29) is 34.7 Å². The average molecular weight is 556 g/mol. The van der Waals surface area contributed by atoms with Crippen molar-refractivity contribution in [3.63, 3.8) is 0 Å². The maximum absolute atomic E-state index is 15.1. The fraction of sp³-hybridized carbons (Fsp3) is 0.333. The van der Waals surface area contributed by atoms with Crippen LogP contribution in [0.1, 0.15) is 40.0 Å². The minimum atomic E-state index is -1.04. The lowest BCUT2D eigenvalue weighted by Crippen LogP contribution is -2.61. The Bertz CT molecular complexity index is 1560. The summed E-state index contributed by atoms with van der Waals surface area (Å²) in [6.07, 6.45) is 2.03. The number of nitrogens with one attached hydrogen (secondary N) is 1. The number of halogens is 2. The predicted octanol–water partition coefficient (Wildman–Crippen LogP) is 4.27. The third-order valence-electron chi connectivity index (χ3n) is 7.39. The molecule has 4 heterocycles. The quantitative estimate of drug-likeness (QED) is 0.500.